The van der Waals surface area contributed by atoms with Crippen molar-refractivity contribution >= 4 is 27.9 Å². The van der Waals surface area contributed by atoms with Crippen LogP contribution in [0.5, 0.6) is 0 Å². The van der Waals surface area contributed by atoms with Gasteiger partial charge >= 0.3 is 5.97 Å². The number of amides is 2. The SMILES string of the molecule is CC(C)CC(=O)N(C(=O)Cc1ccccc1)[C@@H](CS(=O)(=O)O)C(=O)O. The van der Waals surface area contributed by atoms with E-state index in [1.165, 1.54) is 0 Å². The lowest BCUT2D eigenvalue weighted by molar-refractivity contribution is -0.157. The van der Waals surface area contributed by atoms with Crippen molar-refractivity contribution < 1.29 is 32.5 Å². The van der Waals surface area contributed by atoms with Crippen LogP contribution in [0.2, 0.25) is 0 Å². The lowest BCUT2D eigenvalue weighted by atomic mass is 10.1. The van der Waals surface area contributed by atoms with E-state index in [-0.39, 0.29) is 18.8 Å². The van der Waals surface area contributed by atoms with Gasteiger partial charge in [-0.3, -0.25) is 19.0 Å². The molecule has 0 saturated heterocycles. The van der Waals surface area contributed by atoms with E-state index < -0.39 is 39.7 Å². The minimum absolute atomic E-state index is 0.129. The van der Waals surface area contributed by atoms with E-state index in [1.807, 2.05) is 0 Å². The second-order valence-electron chi connectivity index (χ2n) is 6.02. The van der Waals surface area contributed by atoms with Gasteiger partial charge in [0.05, 0.1) is 6.42 Å². The molecular formula is C16H21NO7S. The van der Waals surface area contributed by atoms with E-state index in [9.17, 15) is 27.9 Å². The van der Waals surface area contributed by atoms with Gasteiger partial charge in [0.15, 0.2) is 6.04 Å². The molecule has 0 bridgehead atoms. The van der Waals surface area contributed by atoms with Crippen molar-refractivity contribution in [2.75, 3.05) is 5.75 Å². The van der Waals surface area contributed by atoms with Gasteiger partial charge in [-0.15, -0.1) is 0 Å². The maximum Gasteiger partial charge on any atom is 0.328 e. The Morgan fingerprint density at radius 3 is 2.08 bits per heavy atom. The molecule has 0 aliphatic carbocycles. The van der Waals surface area contributed by atoms with E-state index in [0.29, 0.717) is 10.5 Å². The third-order valence-electron chi connectivity index (χ3n) is 3.28. The highest BCUT2D eigenvalue weighted by Crippen LogP contribution is 2.13. The smallest absolute Gasteiger partial charge is 0.328 e. The number of hydrogen-bond donors (Lipinski definition) is 2. The summed E-state index contributed by atoms with van der Waals surface area (Å²) in [5, 5.41) is 9.28. The van der Waals surface area contributed by atoms with E-state index >= 15 is 0 Å². The van der Waals surface area contributed by atoms with Crippen LogP contribution < -0.4 is 0 Å². The number of carbonyl (C=O) groups excluding carboxylic acids is 2. The summed E-state index contributed by atoms with van der Waals surface area (Å²) in [7, 11) is -4.71. The molecule has 2 amide bonds. The second kappa shape index (κ2) is 8.72. The van der Waals surface area contributed by atoms with E-state index in [4.69, 9.17) is 4.55 Å². The van der Waals surface area contributed by atoms with Crippen LogP contribution in [0.15, 0.2) is 30.3 Å². The summed E-state index contributed by atoms with van der Waals surface area (Å²) in [6.07, 6.45) is -0.393. The number of nitrogens with zero attached hydrogens (tertiary/aromatic N) is 1. The summed E-state index contributed by atoms with van der Waals surface area (Å²) in [4.78, 5) is 36.8. The molecule has 1 aromatic carbocycles. The average Bonchev–Trinajstić information content (AvgIpc) is 2.45. The maximum atomic E-state index is 12.5. The Kier molecular flexibility index (Phi) is 7.25. The molecule has 0 radical (unpaired) electrons. The summed E-state index contributed by atoms with van der Waals surface area (Å²) in [5.41, 5.74) is 0.547. The molecule has 138 valence electrons. The number of imide groups is 1. The molecule has 0 heterocycles. The molecule has 9 heteroatoms. The van der Waals surface area contributed by atoms with Crippen LogP contribution in [0.25, 0.3) is 0 Å². The first kappa shape index (κ1) is 20.8. The lowest BCUT2D eigenvalue weighted by Gasteiger charge is -2.27. The number of carboxylic acid groups (broad SMARTS) is 1. The fourth-order valence-corrected chi connectivity index (χ4v) is 2.94. The van der Waals surface area contributed by atoms with Crippen LogP contribution in [-0.4, -0.2) is 52.6 Å². The third-order valence-corrected chi connectivity index (χ3v) is 4.02. The van der Waals surface area contributed by atoms with Crippen molar-refractivity contribution in [3.8, 4) is 0 Å². The van der Waals surface area contributed by atoms with Crippen molar-refractivity contribution in [3.63, 3.8) is 0 Å². The molecule has 1 aromatic rings. The molecule has 0 fully saturated rings. The fraction of sp³-hybridized carbons (Fsp3) is 0.438. The molecule has 25 heavy (non-hydrogen) atoms. The van der Waals surface area contributed by atoms with E-state index in [1.54, 1.807) is 44.2 Å². The van der Waals surface area contributed by atoms with Crippen LogP contribution >= 0.6 is 0 Å². The Hall–Kier alpha value is -2.26. The molecule has 0 aliphatic rings. The largest absolute Gasteiger partial charge is 0.480 e. The van der Waals surface area contributed by atoms with Gasteiger partial charge in [-0.05, 0) is 11.5 Å². The molecule has 1 atom stereocenters. The minimum Gasteiger partial charge on any atom is -0.480 e. The predicted molar refractivity (Wildman–Crippen MR) is 89.3 cm³/mol. The molecule has 0 aromatic heterocycles. The first-order chi connectivity index (χ1) is 11.5. The first-order valence-electron chi connectivity index (χ1n) is 7.58. The molecule has 0 spiro atoms. The lowest BCUT2D eigenvalue weighted by Crippen LogP contribution is -2.52. The molecule has 1 rings (SSSR count). The Bertz CT molecular complexity index is 728. The molecule has 0 saturated carbocycles. The Morgan fingerprint density at radius 1 is 1.08 bits per heavy atom. The number of benzene rings is 1. The summed E-state index contributed by atoms with van der Waals surface area (Å²) >= 11 is 0. The van der Waals surface area contributed by atoms with Gasteiger partial charge in [0, 0.05) is 6.42 Å². The Labute approximate surface area is 146 Å². The predicted octanol–water partition coefficient (Wildman–Crippen LogP) is 0.971. The maximum absolute atomic E-state index is 12.5. The number of hydrogen-bond acceptors (Lipinski definition) is 5. The topological polar surface area (TPSA) is 129 Å². The van der Waals surface area contributed by atoms with Gasteiger partial charge < -0.3 is 5.11 Å². The molecule has 2 N–H and O–H groups in total. The van der Waals surface area contributed by atoms with Crippen molar-refractivity contribution in [2.45, 2.75) is 32.7 Å². The highest BCUT2D eigenvalue weighted by molar-refractivity contribution is 7.85. The van der Waals surface area contributed by atoms with Gasteiger partial charge in [-0.2, -0.15) is 8.42 Å². The van der Waals surface area contributed by atoms with Crippen molar-refractivity contribution in [1.82, 2.24) is 4.90 Å². The van der Waals surface area contributed by atoms with Crippen molar-refractivity contribution in [2.24, 2.45) is 5.92 Å². The van der Waals surface area contributed by atoms with Crippen LogP contribution in [0.4, 0.5) is 0 Å². The van der Waals surface area contributed by atoms with Gasteiger partial charge in [-0.1, -0.05) is 44.2 Å². The first-order valence-corrected chi connectivity index (χ1v) is 9.19. The summed E-state index contributed by atoms with van der Waals surface area (Å²) in [6.45, 7) is 3.41. The van der Waals surface area contributed by atoms with Crippen LogP contribution in [0.3, 0.4) is 0 Å². The number of aliphatic carboxylic acids is 1. The second-order valence-corrected chi connectivity index (χ2v) is 7.52. The number of carboxylic acids is 1. The van der Waals surface area contributed by atoms with Crippen LogP contribution in [0, 0.1) is 5.92 Å². The highest BCUT2D eigenvalue weighted by Gasteiger charge is 2.37. The zero-order valence-electron chi connectivity index (χ0n) is 14.0. The average molecular weight is 371 g/mol. The van der Waals surface area contributed by atoms with Gasteiger partial charge in [0.25, 0.3) is 10.1 Å². The van der Waals surface area contributed by atoms with Crippen molar-refractivity contribution in [3.05, 3.63) is 35.9 Å². The fourth-order valence-electron chi connectivity index (χ4n) is 2.25. The zero-order chi connectivity index (χ0) is 19.2. The molecular weight excluding hydrogens is 350 g/mol. The number of carbonyl (C=O) groups is 3. The zero-order valence-corrected chi connectivity index (χ0v) is 14.8. The Balaban J connectivity index is 3.19. The van der Waals surface area contributed by atoms with Gasteiger partial charge in [0.1, 0.15) is 5.75 Å². The van der Waals surface area contributed by atoms with E-state index in [0.717, 1.165) is 0 Å². The quantitative estimate of drug-likeness (QED) is 0.651. The van der Waals surface area contributed by atoms with Gasteiger partial charge in [0.2, 0.25) is 11.8 Å². The summed E-state index contributed by atoms with van der Waals surface area (Å²) in [6, 6.07) is 6.35. The number of rotatable bonds is 8. The molecule has 8 nitrogen and oxygen atoms in total. The Morgan fingerprint density at radius 2 is 1.64 bits per heavy atom. The molecule has 0 aliphatic heterocycles. The highest BCUT2D eigenvalue weighted by atomic mass is 32.2. The molecule has 0 unspecified atom stereocenters. The summed E-state index contributed by atoms with van der Waals surface area (Å²) in [5.74, 6) is -4.75. The van der Waals surface area contributed by atoms with Crippen molar-refractivity contribution in [1.29, 1.82) is 0 Å². The third kappa shape index (κ3) is 7.02. The van der Waals surface area contributed by atoms with Gasteiger partial charge in [-0.25, -0.2) is 4.79 Å². The monoisotopic (exact) mass is 371 g/mol. The minimum atomic E-state index is -4.71. The summed E-state index contributed by atoms with van der Waals surface area (Å²) < 4.78 is 31.2. The normalized spacial score (nSPS) is 12.6. The van der Waals surface area contributed by atoms with Crippen LogP contribution in [-0.2, 0) is 30.9 Å². The van der Waals surface area contributed by atoms with E-state index in [2.05, 4.69) is 0 Å². The van der Waals surface area contributed by atoms with Crippen LogP contribution in [0.1, 0.15) is 25.8 Å². The standard InChI is InChI=1S/C16H21NO7S/c1-11(2)8-14(18)17(13(16(20)21)10-25(22,23)24)15(19)9-12-6-4-3-5-7-12/h3-7,11,13H,8-10H2,1-2H3,(H,20,21)(H,22,23,24)/t13-/m0/s1.